The third-order valence-electron chi connectivity index (χ3n) is 4.24. The van der Waals surface area contributed by atoms with Crippen LogP contribution in [0.4, 0.5) is 5.69 Å². The summed E-state index contributed by atoms with van der Waals surface area (Å²) in [5.74, 6) is 0.509. The molecule has 142 valence electrons. The molecule has 2 aromatic carbocycles. The van der Waals surface area contributed by atoms with Crippen LogP contribution in [-0.2, 0) is 0 Å². The topological polar surface area (TPSA) is 85.3 Å². The van der Waals surface area contributed by atoms with Crippen LogP contribution in [0.1, 0.15) is 10.6 Å². The van der Waals surface area contributed by atoms with Gasteiger partial charge in [0.25, 0.3) is 5.91 Å². The minimum absolute atomic E-state index is 0.229. The zero-order valence-corrected chi connectivity index (χ0v) is 16.3. The van der Waals surface area contributed by atoms with Crippen molar-refractivity contribution in [3.8, 4) is 21.9 Å². The van der Waals surface area contributed by atoms with Crippen molar-refractivity contribution in [2.24, 2.45) is 0 Å². The zero-order chi connectivity index (χ0) is 19.8. The van der Waals surface area contributed by atoms with Crippen molar-refractivity contribution in [3.05, 3.63) is 77.8 Å². The number of rotatable bonds is 4. The van der Waals surface area contributed by atoms with Gasteiger partial charge in [0.05, 0.1) is 0 Å². The van der Waals surface area contributed by atoms with Gasteiger partial charge in [0.15, 0.2) is 5.76 Å². The number of halogens is 1. The molecule has 5 aromatic rings. The summed E-state index contributed by atoms with van der Waals surface area (Å²) in [7, 11) is 0. The molecule has 0 unspecified atom stereocenters. The number of benzene rings is 2. The molecule has 0 aliphatic carbocycles. The number of carbonyl (C=O) groups excluding carboxylic acids is 1. The van der Waals surface area contributed by atoms with Gasteiger partial charge in [-0.25, -0.2) is 0 Å². The standard InChI is InChI=1S/C20H12ClN5O2S/c21-14-5-1-12(2-6-14)16-9-10-17(28-16)18(27)23-15-7-3-13(4-8-15)19-25-26-11-22-24-20(26)29-19/h1-11H,(H,23,27). The second-order valence-electron chi connectivity index (χ2n) is 6.17. The first-order valence-electron chi connectivity index (χ1n) is 8.60. The maximum Gasteiger partial charge on any atom is 0.291 e. The van der Waals surface area contributed by atoms with Crippen molar-refractivity contribution in [1.29, 1.82) is 0 Å². The first-order valence-corrected chi connectivity index (χ1v) is 9.79. The van der Waals surface area contributed by atoms with Gasteiger partial charge in [0, 0.05) is 21.8 Å². The summed E-state index contributed by atoms with van der Waals surface area (Å²) in [4.78, 5) is 13.2. The summed E-state index contributed by atoms with van der Waals surface area (Å²) in [5.41, 5.74) is 2.44. The summed E-state index contributed by atoms with van der Waals surface area (Å²) >= 11 is 7.35. The highest BCUT2D eigenvalue weighted by molar-refractivity contribution is 7.19. The Bertz CT molecular complexity index is 1280. The Morgan fingerprint density at radius 3 is 2.52 bits per heavy atom. The number of hydrogen-bond acceptors (Lipinski definition) is 6. The molecule has 0 saturated heterocycles. The fourth-order valence-corrected chi connectivity index (χ4v) is 3.75. The van der Waals surface area contributed by atoms with E-state index in [4.69, 9.17) is 16.0 Å². The normalized spacial score (nSPS) is 11.1. The average Bonchev–Trinajstić information content (AvgIpc) is 3.45. The van der Waals surface area contributed by atoms with Crippen molar-refractivity contribution >= 4 is 39.5 Å². The molecular weight excluding hydrogens is 410 g/mol. The van der Waals surface area contributed by atoms with E-state index in [1.165, 1.54) is 11.3 Å². The van der Waals surface area contributed by atoms with E-state index >= 15 is 0 Å². The van der Waals surface area contributed by atoms with Gasteiger partial charge >= 0.3 is 0 Å². The quantitative estimate of drug-likeness (QED) is 0.440. The molecule has 0 saturated carbocycles. The molecule has 0 aliphatic heterocycles. The Morgan fingerprint density at radius 2 is 1.76 bits per heavy atom. The van der Waals surface area contributed by atoms with E-state index in [0.717, 1.165) is 21.1 Å². The van der Waals surface area contributed by atoms with Gasteiger partial charge in [0.2, 0.25) is 4.96 Å². The second-order valence-corrected chi connectivity index (χ2v) is 7.56. The fourth-order valence-electron chi connectivity index (χ4n) is 2.79. The number of carbonyl (C=O) groups is 1. The predicted octanol–water partition coefficient (Wildman–Crippen LogP) is 5.02. The lowest BCUT2D eigenvalue weighted by Gasteiger charge is -2.04. The Kier molecular flexibility index (Phi) is 4.34. The Balaban J connectivity index is 1.30. The van der Waals surface area contributed by atoms with Gasteiger partial charge in [-0.1, -0.05) is 22.9 Å². The van der Waals surface area contributed by atoms with Crippen LogP contribution >= 0.6 is 22.9 Å². The maximum atomic E-state index is 12.5. The maximum absolute atomic E-state index is 12.5. The third kappa shape index (κ3) is 3.51. The molecule has 0 atom stereocenters. The van der Waals surface area contributed by atoms with E-state index < -0.39 is 0 Å². The molecule has 1 amide bonds. The van der Waals surface area contributed by atoms with Crippen molar-refractivity contribution < 1.29 is 9.21 Å². The van der Waals surface area contributed by atoms with Crippen molar-refractivity contribution in [3.63, 3.8) is 0 Å². The van der Waals surface area contributed by atoms with Crippen molar-refractivity contribution in [1.82, 2.24) is 19.8 Å². The third-order valence-corrected chi connectivity index (χ3v) is 5.45. The fraction of sp³-hybridized carbons (Fsp3) is 0. The van der Waals surface area contributed by atoms with Crippen LogP contribution in [-0.4, -0.2) is 25.7 Å². The molecular formula is C20H12ClN5O2S. The van der Waals surface area contributed by atoms with Gasteiger partial charge < -0.3 is 9.73 Å². The van der Waals surface area contributed by atoms with Crippen molar-refractivity contribution in [2.75, 3.05) is 5.32 Å². The Morgan fingerprint density at radius 1 is 1.00 bits per heavy atom. The van der Waals surface area contributed by atoms with Gasteiger partial charge in [-0.2, -0.15) is 9.61 Å². The second kappa shape index (κ2) is 7.16. The number of nitrogens with one attached hydrogen (secondary N) is 1. The molecule has 3 heterocycles. The zero-order valence-electron chi connectivity index (χ0n) is 14.7. The van der Waals surface area contributed by atoms with Gasteiger partial charge in [-0.3, -0.25) is 4.79 Å². The summed E-state index contributed by atoms with van der Waals surface area (Å²) in [6.45, 7) is 0. The Labute approximate surface area is 173 Å². The van der Waals surface area contributed by atoms with Crippen LogP contribution in [0.3, 0.4) is 0 Å². The van der Waals surface area contributed by atoms with Gasteiger partial charge in [0.1, 0.15) is 17.1 Å². The van der Waals surface area contributed by atoms with E-state index in [-0.39, 0.29) is 11.7 Å². The van der Waals surface area contributed by atoms with E-state index in [0.29, 0.717) is 16.5 Å². The lowest BCUT2D eigenvalue weighted by Crippen LogP contribution is -2.10. The number of aromatic nitrogens is 4. The number of anilines is 1. The molecule has 1 N–H and O–H groups in total. The Hall–Kier alpha value is -3.49. The minimum atomic E-state index is -0.322. The van der Waals surface area contributed by atoms with E-state index in [9.17, 15) is 4.79 Å². The largest absolute Gasteiger partial charge is 0.451 e. The molecule has 3 aromatic heterocycles. The average molecular weight is 422 g/mol. The van der Waals surface area contributed by atoms with E-state index in [2.05, 4.69) is 20.6 Å². The number of furan rings is 1. The molecule has 29 heavy (non-hydrogen) atoms. The van der Waals surface area contributed by atoms with Crippen LogP contribution in [0.25, 0.3) is 26.9 Å². The number of hydrogen-bond donors (Lipinski definition) is 1. The van der Waals surface area contributed by atoms with Crippen LogP contribution in [0.15, 0.2) is 71.4 Å². The predicted molar refractivity (Wildman–Crippen MR) is 111 cm³/mol. The highest BCUT2D eigenvalue weighted by Gasteiger charge is 2.13. The molecule has 0 fully saturated rings. The monoisotopic (exact) mass is 421 g/mol. The number of amides is 1. The molecule has 0 spiro atoms. The molecule has 0 aliphatic rings. The van der Waals surface area contributed by atoms with Gasteiger partial charge in [-0.15, -0.1) is 10.2 Å². The molecule has 9 heteroatoms. The first kappa shape index (κ1) is 17.6. The van der Waals surface area contributed by atoms with E-state index in [1.54, 1.807) is 35.1 Å². The lowest BCUT2D eigenvalue weighted by molar-refractivity contribution is 0.0997. The van der Waals surface area contributed by atoms with Gasteiger partial charge in [-0.05, 0) is 60.7 Å². The summed E-state index contributed by atoms with van der Waals surface area (Å²) in [5, 5.41) is 16.5. The summed E-state index contributed by atoms with van der Waals surface area (Å²) in [6, 6.07) is 18.1. The van der Waals surface area contributed by atoms with Crippen LogP contribution < -0.4 is 5.32 Å². The molecule has 7 nitrogen and oxygen atoms in total. The highest BCUT2D eigenvalue weighted by Crippen LogP contribution is 2.27. The first-order chi connectivity index (χ1) is 14.2. The van der Waals surface area contributed by atoms with Crippen molar-refractivity contribution in [2.45, 2.75) is 0 Å². The summed E-state index contributed by atoms with van der Waals surface area (Å²) < 4.78 is 7.31. The molecule has 0 bridgehead atoms. The number of nitrogens with zero attached hydrogens (tertiary/aromatic N) is 4. The SMILES string of the molecule is O=C(Nc1ccc(-c2nn3cnnc3s2)cc1)c1ccc(-c2ccc(Cl)cc2)o1. The summed E-state index contributed by atoms with van der Waals surface area (Å²) in [6.07, 6.45) is 1.56. The lowest BCUT2D eigenvalue weighted by atomic mass is 10.2. The molecule has 5 rings (SSSR count). The number of fused-ring (bicyclic) bond motifs is 1. The highest BCUT2D eigenvalue weighted by atomic mass is 35.5. The van der Waals surface area contributed by atoms with Crippen LogP contribution in [0.2, 0.25) is 5.02 Å². The van der Waals surface area contributed by atoms with Crippen LogP contribution in [0, 0.1) is 0 Å². The minimum Gasteiger partial charge on any atom is -0.451 e. The van der Waals surface area contributed by atoms with E-state index in [1.807, 2.05) is 36.4 Å². The smallest absolute Gasteiger partial charge is 0.291 e. The molecule has 0 radical (unpaired) electrons. The van der Waals surface area contributed by atoms with Crippen LogP contribution in [0.5, 0.6) is 0 Å².